The molecular formula is C20H23N3O4S. The van der Waals surface area contributed by atoms with Crippen molar-refractivity contribution in [3.05, 3.63) is 41.1 Å². The van der Waals surface area contributed by atoms with E-state index in [-0.39, 0.29) is 17.7 Å². The number of hydrogen-bond donors (Lipinski definition) is 1. The molecule has 0 saturated heterocycles. The molecule has 0 aliphatic carbocycles. The lowest BCUT2D eigenvalue weighted by molar-refractivity contribution is -0.115. The lowest BCUT2D eigenvalue weighted by Crippen LogP contribution is -2.15. The highest BCUT2D eigenvalue weighted by molar-refractivity contribution is 7.13. The molecule has 1 amide bonds. The summed E-state index contributed by atoms with van der Waals surface area (Å²) in [5.74, 6) is 2.22. The summed E-state index contributed by atoms with van der Waals surface area (Å²) in [5.41, 5.74) is 1.42. The van der Waals surface area contributed by atoms with E-state index in [0.29, 0.717) is 28.8 Å². The molecule has 0 bridgehead atoms. The van der Waals surface area contributed by atoms with E-state index in [0.717, 1.165) is 10.6 Å². The molecule has 28 heavy (non-hydrogen) atoms. The van der Waals surface area contributed by atoms with Gasteiger partial charge >= 0.3 is 0 Å². The van der Waals surface area contributed by atoms with Gasteiger partial charge in [0.1, 0.15) is 10.8 Å². The minimum absolute atomic E-state index is 0.154. The maximum Gasteiger partial charge on any atom is 0.231 e. The molecule has 8 heteroatoms. The first kappa shape index (κ1) is 19.9. The quantitative estimate of drug-likeness (QED) is 0.663. The van der Waals surface area contributed by atoms with Crippen molar-refractivity contribution in [3.8, 4) is 22.1 Å². The number of thiazole rings is 1. The van der Waals surface area contributed by atoms with Crippen LogP contribution in [0.4, 0.5) is 5.82 Å². The molecule has 2 heterocycles. The Bertz CT molecular complexity index is 972. The molecule has 0 spiro atoms. The molecule has 148 valence electrons. The summed E-state index contributed by atoms with van der Waals surface area (Å²) >= 11 is 1.47. The first-order valence-electron chi connectivity index (χ1n) is 8.74. The molecular weight excluding hydrogens is 378 g/mol. The van der Waals surface area contributed by atoms with E-state index >= 15 is 0 Å². The maximum atomic E-state index is 12.3. The lowest BCUT2D eigenvalue weighted by Gasteiger charge is -2.11. The fraction of sp³-hybridized carbons (Fsp3) is 0.350. The van der Waals surface area contributed by atoms with E-state index in [1.165, 1.54) is 11.3 Å². The molecule has 0 unspecified atom stereocenters. The van der Waals surface area contributed by atoms with Crippen LogP contribution in [-0.4, -0.2) is 30.3 Å². The summed E-state index contributed by atoms with van der Waals surface area (Å²) in [7, 11) is 3.19. The molecule has 0 fully saturated rings. The first-order chi connectivity index (χ1) is 13.3. The molecule has 1 N–H and O–H groups in total. The summed E-state index contributed by atoms with van der Waals surface area (Å²) in [6, 6.07) is 7.35. The van der Waals surface area contributed by atoms with E-state index in [2.05, 4.69) is 15.5 Å². The van der Waals surface area contributed by atoms with Gasteiger partial charge in [-0.1, -0.05) is 25.9 Å². The number of aromatic nitrogens is 2. The van der Waals surface area contributed by atoms with Crippen LogP contribution in [0.1, 0.15) is 32.2 Å². The molecule has 7 nitrogen and oxygen atoms in total. The number of nitrogens with one attached hydrogen (secondary N) is 1. The Kier molecular flexibility index (Phi) is 5.69. The Morgan fingerprint density at radius 3 is 2.57 bits per heavy atom. The number of amides is 1. The van der Waals surface area contributed by atoms with Gasteiger partial charge in [0.25, 0.3) is 0 Å². The van der Waals surface area contributed by atoms with Crippen LogP contribution in [0, 0.1) is 0 Å². The molecule has 0 atom stereocenters. The standard InChI is InChI=1S/C20H23N3O4S/c1-20(2,3)16-10-17(23-27-16)22-18(24)9-13-11-28-19(21-13)12-6-7-14(25-4)15(8-12)26-5/h6-8,10-11H,9H2,1-5H3,(H,22,23,24). The number of carbonyl (C=O) groups is 1. The zero-order valence-electron chi connectivity index (χ0n) is 16.5. The third kappa shape index (κ3) is 4.51. The van der Waals surface area contributed by atoms with Gasteiger partial charge in [0.2, 0.25) is 5.91 Å². The molecule has 3 aromatic rings. The predicted molar refractivity (Wildman–Crippen MR) is 108 cm³/mol. The highest BCUT2D eigenvalue weighted by Crippen LogP contribution is 2.33. The second-order valence-corrected chi connectivity index (χ2v) is 8.12. The van der Waals surface area contributed by atoms with Gasteiger partial charge in [-0.2, -0.15) is 0 Å². The van der Waals surface area contributed by atoms with E-state index in [1.807, 2.05) is 44.4 Å². The van der Waals surface area contributed by atoms with E-state index in [1.54, 1.807) is 20.3 Å². The monoisotopic (exact) mass is 401 g/mol. The number of hydrogen-bond acceptors (Lipinski definition) is 7. The Hall–Kier alpha value is -2.87. The van der Waals surface area contributed by atoms with Gasteiger partial charge in [-0.25, -0.2) is 4.98 Å². The molecule has 0 radical (unpaired) electrons. The van der Waals surface area contributed by atoms with Crippen LogP contribution in [0.3, 0.4) is 0 Å². The summed E-state index contributed by atoms with van der Waals surface area (Å²) in [5, 5.41) is 9.33. The maximum absolute atomic E-state index is 12.3. The second kappa shape index (κ2) is 8.02. The van der Waals surface area contributed by atoms with Crippen molar-refractivity contribution in [1.29, 1.82) is 0 Å². The summed E-state index contributed by atoms with van der Waals surface area (Å²) in [4.78, 5) is 16.9. The van der Waals surface area contributed by atoms with Gasteiger partial charge in [0, 0.05) is 22.4 Å². The van der Waals surface area contributed by atoms with Gasteiger partial charge < -0.3 is 19.3 Å². The minimum atomic E-state index is -0.196. The van der Waals surface area contributed by atoms with Crippen LogP contribution in [-0.2, 0) is 16.6 Å². The molecule has 0 aliphatic heterocycles. The predicted octanol–water partition coefficient (Wildman–Crippen LogP) is 4.29. The van der Waals surface area contributed by atoms with Crippen LogP contribution in [0.25, 0.3) is 10.6 Å². The number of carbonyl (C=O) groups excluding carboxylic acids is 1. The summed E-state index contributed by atoms with van der Waals surface area (Å²) in [6.07, 6.45) is 0.154. The molecule has 0 saturated carbocycles. The molecule has 3 rings (SSSR count). The van der Waals surface area contributed by atoms with Gasteiger partial charge in [-0.15, -0.1) is 11.3 Å². The zero-order chi connectivity index (χ0) is 20.3. The van der Waals surface area contributed by atoms with Crippen molar-refractivity contribution >= 4 is 23.1 Å². The van der Waals surface area contributed by atoms with E-state index in [4.69, 9.17) is 14.0 Å². The fourth-order valence-corrected chi connectivity index (χ4v) is 3.35. The third-order valence-electron chi connectivity index (χ3n) is 4.04. The second-order valence-electron chi connectivity index (χ2n) is 7.27. The Morgan fingerprint density at radius 2 is 1.93 bits per heavy atom. The highest BCUT2D eigenvalue weighted by atomic mass is 32.1. The van der Waals surface area contributed by atoms with Gasteiger partial charge in [-0.3, -0.25) is 4.79 Å². The number of methoxy groups -OCH3 is 2. The summed E-state index contributed by atoms with van der Waals surface area (Å²) in [6.45, 7) is 6.05. The average Bonchev–Trinajstić information content (AvgIpc) is 3.30. The van der Waals surface area contributed by atoms with Gasteiger partial charge in [0.05, 0.1) is 26.3 Å². The van der Waals surface area contributed by atoms with E-state index < -0.39 is 0 Å². The number of nitrogens with zero attached hydrogens (tertiary/aromatic N) is 2. The number of rotatable bonds is 6. The van der Waals surface area contributed by atoms with Crippen molar-refractivity contribution in [2.75, 3.05) is 19.5 Å². The number of anilines is 1. The van der Waals surface area contributed by atoms with Crippen molar-refractivity contribution in [3.63, 3.8) is 0 Å². The third-order valence-corrected chi connectivity index (χ3v) is 4.98. The van der Waals surface area contributed by atoms with Crippen molar-refractivity contribution in [1.82, 2.24) is 10.1 Å². The van der Waals surface area contributed by atoms with Crippen LogP contribution >= 0.6 is 11.3 Å². The fourth-order valence-electron chi connectivity index (χ4n) is 2.53. The lowest BCUT2D eigenvalue weighted by atomic mass is 9.93. The van der Waals surface area contributed by atoms with Crippen LogP contribution < -0.4 is 14.8 Å². The molecule has 2 aromatic heterocycles. The smallest absolute Gasteiger partial charge is 0.231 e. The summed E-state index contributed by atoms with van der Waals surface area (Å²) < 4.78 is 15.9. The SMILES string of the molecule is COc1ccc(-c2nc(CC(=O)Nc3cc(C(C)(C)C)on3)cs2)cc1OC. The van der Waals surface area contributed by atoms with Crippen LogP contribution in [0.15, 0.2) is 34.2 Å². The largest absolute Gasteiger partial charge is 0.493 e. The van der Waals surface area contributed by atoms with Gasteiger partial charge in [-0.05, 0) is 18.2 Å². The average molecular weight is 401 g/mol. The highest BCUT2D eigenvalue weighted by Gasteiger charge is 2.20. The minimum Gasteiger partial charge on any atom is -0.493 e. The van der Waals surface area contributed by atoms with Crippen LogP contribution in [0.2, 0.25) is 0 Å². The Balaban J connectivity index is 1.67. The molecule has 1 aromatic carbocycles. The van der Waals surface area contributed by atoms with Crippen molar-refractivity contribution in [2.24, 2.45) is 0 Å². The van der Waals surface area contributed by atoms with Gasteiger partial charge in [0.15, 0.2) is 17.3 Å². The topological polar surface area (TPSA) is 86.5 Å². The first-order valence-corrected chi connectivity index (χ1v) is 9.62. The van der Waals surface area contributed by atoms with Crippen molar-refractivity contribution < 1.29 is 18.8 Å². The molecule has 0 aliphatic rings. The number of benzene rings is 1. The van der Waals surface area contributed by atoms with E-state index in [9.17, 15) is 4.79 Å². The normalized spacial score (nSPS) is 11.3. The Labute approximate surface area is 167 Å². The van der Waals surface area contributed by atoms with Crippen molar-refractivity contribution in [2.45, 2.75) is 32.6 Å². The zero-order valence-corrected chi connectivity index (χ0v) is 17.3. The van der Waals surface area contributed by atoms with Crippen LogP contribution in [0.5, 0.6) is 11.5 Å². The number of ether oxygens (including phenoxy) is 2. The Morgan fingerprint density at radius 1 is 1.18 bits per heavy atom.